The monoisotopic (exact) mass is 794 g/mol. The first kappa shape index (κ1) is 38.5. The van der Waals surface area contributed by atoms with Gasteiger partial charge in [-0.05, 0) is 108 Å². The smallest absolute Gasteiger partial charge is 0.144 e. The molecule has 0 N–H and O–H groups in total. The molecule has 1 heterocycles. The van der Waals surface area contributed by atoms with E-state index < -0.39 is 0 Å². The topological polar surface area (TPSA) is 13.1 Å². The summed E-state index contributed by atoms with van der Waals surface area (Å²) in [5.41, 5.74) is 15.4. The molecular formula is C61H46O. The minimum atomic E-state index is 0.841. The molecule has 1 aromatic heterocycles. The van der Waals surface area contributed by atoms with Crippen molar-refractivity contribution in [2.45, 2.75) is 20.3 Å². The van der Waals surface area contributed by atoms with Gasteiger partial charge in [0.1, 0.15) is 11.3 Å². The van der Waals surface area contributed by atoms with Gasteiger partial charge in [-0.3, -0.25) is 0 Å². The summed E-state index contributed by atoms with van der Waals surface area (Å²) in [6.07, 6.45) is 11.5. The van der Waals surface area contributed by atoms with Crippen molar-refractivity contribution in [1.82, 2.24) is 0 Å². The third-order valence-electron chi connectivity index (χ3n) is 12.2. The van der Waals surface area contributed by atoms with Crippen LogP contribution >= 0.6 is 0 Å². The first-order valence-electron chi connectivity index (χ1n) is 21.5. The third kappa shape index (κ3) is 6.42. The van der Waals surface area contributed by atoms with Crippen LogP contribution in [0.1, 0.15) is 37.0 Å². The van der Waals surface area contributed by atoms with Crippen molar-refractivity contribution >= 4 is 61.0 Å². The predicted molar refractivity (Wildman–Crippen MR) is 269 cm³/mol. The summed E-state index contributed by atoms with van der Waals surface area (Å²) in [6.45, 7) is 12.6. The minimum absolute atomic E-state index is 0.841. The molecule has 0 fully saturated rings. The molecule has 0 aliphatic heterocycles. The standard InChI is InChI=1S/C61H46O/c1-5-22-42(23-6-2)55-49-31-19-18-30-48(49)54(43-24-12-9-13-25-43)52-37-36-47(39-53(52)55)60-58(45-28-16-11-17-29-45)59-51-33-21-20-32-50(51)56(46-35-34-40(7-3)41(8-4)38-46)57(61(59)62-60)44-26-14-10-15-27-44/h5,7-39H,3-4,6H2,1-2H3/b22-5-,42-23+. The number of furan rings is 1. The van der Waals surface area contributed by atoms with Crippen molar-refractivity contribution in [3.8, 4) is 55.8 Å². The molecule has 62 heavy (non-hydrogen) atoms. The molecule has 0 aliphatic rings. The second-order valence-corrected chi connectivity index (χ2v) is 15.8. The fourth-order valence-electron chi connectivity index (χ4n) is 9.59. The van der Waals surface area contributed by atoms with E-state index in [2.05, 4.69) is 221 Å². The van der Waals surface area contributed by atoms with E-state index in [-0.39, 0.29) is 0 Å². The Labute approximate surface area is 363 Å². The van der Waals surface area contributed by atoms with Gasteiger partial charge in [-0.1, -0.05) is 214 Å². The van der Waals surface area contributed by atoms with Crippen molar-refractivity contribution in [3.05, 3.63) is 224 Å². The van der Waals surface area contributed by atoms with E-state index >= 15 is 0 Å². The molecule has 0 atom stereocenters. The highest BCUT2D eigenvalue weighted by atomic mass is 16.3. The fraction of sp³-hybridized carbons (Fsp3) is 0.0492. The Morgan fingerprint density at radius 1 is 0.468 bits per heavy atom. The molecule has 0 aliphatic carbocycles. The second kappa shape index (κ2) is 16.4. The molecule has 0 bridgehead atoms. The maximum atomic E-state index is 7.58. The van der Waals surface area contributed by atoms with Gasteiger partial charge >= 0.3 is 0 Å². The maximum Gasteiger partial charge on any atom is 0.144 e. The summed E-state index contributed by atoms with van der Waals surface area (Å²) < 4.78 is 7.58. The molecule has 1 heteroatoms. The molecule has 296 valence electrons. The number of hydrogen-bond donors (Lipinski definition) is 0. The highest BCUT2D eigenvalue weighted by Gasteiger charge is 2.28. The minimum Gasteiger partial charge on any atom is -0.455 e. The summed E-state index contributed by atoms with van der Waals surface area (Å²) in [5, 5.41) is 8.25. The van der Waals surface area contributed by atoms with Gasteiger partial charge in [-0.2, -0.15) is 0 Å². The number of hydrogen-bond acceptors (Lipinski definition) is 1. The lowest BCUT2D eigenvalue weighted by Gasteiger charge is -2.19. The molecule has 1 nitrogen and oxygen atoms in total. The van der Waals surface area contributed by atoms with Crippen molar-refractivity contribution < 1.29 is 4.42 Å². The fourth-order valence-corrected chi connectivity index (χ4v) is 9.59. The first-order chi connectivity index (χ1) is 30.6. The van der Waals surface area contributed by atoms with E-state index in [1.807, 2.05) is 12.2 Å². The normalized spacial score (nSPS) is 11.9. The Balaban J connectivity index is 1.39. The number of benzene rings is 9. The van der Waals surface area contributed by atoms with Crippen LogP contribution in [0.15, 0.2) is 212 Å². The molecule has 0 radical (unpaired) electrons. The van der Waals surface area contributed by atoms with Crippen molar-refractivity contribution in [2.24, 2.45) is 0 Å². The summed E-state index contributed by atoms with van der Waals surface area (Å²) in [6, 6.07) is 63.5. The average Bonchev–Trinajstić information content (AvgIpc) is 3.74. The van der Waals surface area contributed by atoms with Gasteiger partial charge in [0.2, 0.25) is 0 Å². The first-order valence-corrected chi connectivity index (χ1v) is 21.5. The second-order valence-electron chi connectivity index (χ2n) is 15.8. The maximum absolute atomic E-state index is 7.58. The molecule has 9 aromatic carbocycles. The SMILES string of the molecule is C=Cc1ccc(-c2c(-c3ccccc3)c3oc(-c4ccc5c(-c6ccccc6)c6ccccc6c(C(/C=C\C)=C/CC)c5c4)c(-c4ccccc4)c3c3ccccc23)cc1C=C. The third-order valence-corrected chi connectivity index (χ3v) is 12.2. The molecular weight excluding hydrogens is 749 g/mol. The van der Waals surface area contributed by atoms with E-state index in [0.717, 1.165) is 84.0 Å². The highest BCUT2D eigenvalue weighted by Crippen LogP contribution is 2.53. The van der Waals surface area contributed by atoms with Crippen LogP contribution in [0, 0.1) is 0 Å². The van der Waals surface area contributed by atoms with Crippen molar-refractivity contribution in [2.75, 3.05) is 0 Å². The average molecular weight is 795 g/mol. The quantitative estimate of drug-likeness (QED) is 0.0993. The van der Waals surface area contributed by atoms with Gasteiger partial charge in [0, 0.05) is 27.6 Å². The number of fused-ring (bicyclic) bond motifs is 5. The molecule has 0 saturated carbocycles. The lowest BCUT2D eigenvalue weighted by atomic mass is 9.84. The number of allylic oxidation sites excluding steroid dienone is 4. The Bertz CT molecular complexity index is 3400. The van der Waals surface area contributed by atoms with Gasteiger partial charge in [0.15, 0.2) is 0 Å². The van der Waals surface area contributed by atoms with Crippen LogP contribution in [-0.2, 0) is 0 Å². The summed E-state index contributed by atoms with van der Waals surface area (Å²) in [4.78, 5) is 0. The van der Waals surface area contributed by atoms with Crippen LogP contribution in [0.3, 0.4) is 0 Å². The van der Waals surface area contributed by atoms with Gasteiger partial charge < -0.3 is 4.42 Å². The summed E-state index contributed by atoms with van der Waals surface area (Å²) in [5.74, 6) is 0.841. The van der Waals surface area contributed by atoms with Crippen LogP contribution in [0.25, 0.3) is 117 Å². The van der Waals surface area contributed by atoms with Crippen LogP contribution in [0.4, 0.5) is 0 Å². The van der Waals surface area contributed by atoms with E-state index in [9.17, 15) is 0 Å². The molecule has 10 aromatic rings. The van der Waals surface area contributed by atoms with E-state index in [1.165, 1.54) is 43.8 Å². The van der Waals surface area contributed by atoms with Gasteiger partial charge in [-0.25, -0.2) is 0 Å². The molecule has 10 rings (SSSR count). The Morgan fingerprint density at radius 3 is 1.61 bits per heavy atom. The van der Waals surface area contributed by atoms with Gasteiger partial charge in [0.25, 0.3) is 0 Å². The lowest BCUT2D eigenvalue weighted by Crippen LogP contribution is -1.94. The van der Waals surface area contributed by atoms with Crippen LogP contribution in [0.5, 0.6) is 0 Å². The molecule has 0 spiro atoms. The van der Waals surface area contributed by atoms with E-state index in [1.54, 1.807) is 0 Å². The van der Waals surface area contributed by atoms with Crippen molar-refractivity contribution in [3.63, 3.8) is 0 Å². The Kier molecular flexibility index (Phi) is 10.2. The Morgan fingerprint density at radius 2 is 1.00 bits per heavy atom. The summed E-state index contributed by atoms with van der Waals surface area (Å²) >= 11 is 0. The zero-order valence-electron chi connectivity index (χ0n) is 35.2. The van der Waals surface area contributed by atoms with Crippen LogP contribution < -0.4 is 0 Å². The van der Waals surface area contributed by atoms with Crippen LogP contribution in [0.2, 0.25) is 0 Å². The van der Waals surface area contributed by atoms with E-state index in [4.69, 9.17) is 4.42 Å². The number of rotatable bonds is 10. The lowest BCUT2D eigenvalue weighted by molar-refractivity contribution is 0.634. The zero-order valence-corrected chi connectivity index (χ0v) is 35.2. The molecule has 0 amide bonds. The predicted octanol–water partition coefficient (Wildman–Crippen LogP) is 17.9. The zero-order chi connectivity index (χ0) is 42.2. The van der Waals surface area contributed by atoms with Crippen molar-refractivity contribution in [1.29, 1.82) is 0 Å². The highest BCUT2D eigenvalue weighted by molar-refractivity contribution is 6.26. The molecule has 0 unspecified atom stereocenters. The van der Waals surface area contributed by atoms with E-state index in [0.29, 0.717) is 0 Å². The Hall–Kier alpha value is -7.74. The van der Waals surface area contributed by atoms with Crippen LogP contribution in [-0.4, -0.2) is 0 Å². The largest absolute Gasteiger partial charge is 0.455 e. The van der Waals surface area contributed by atoms with Gasteiger partial charge in [0.05, 0.1) is 0 Å². The van der Waals surface area contributed by atoms with Gasteiger partial charge in [-0.15, -0.1) is 0 Å². The summed E-state index contributed by atoms with van der Waals surface area (Å²) in [7, 11) is 0. The molecule has 0 saturated heterocycles.